The van der Waals surface area contributed by atoms with Crippen LogP contribution in [-0.2, 0) is 17.8 Å². The average molecular weight is 473 g/mol. The molecule has 0 saturated heterocycles. The zero-order valence-electron chi connectivity index (χ0n) is 15.5. The lowest BCUT2D eigenvalue weighted by molar-refractivity contribution is 0.171. The number of guanidine groups is 1. The highest BCUT2D eigenvalue weighted by Crippen LogP contribution is 2.20. The predicted octanol–water partition coefficient (Wildman–Crippen LogP) is 2.62. The number of ether oxygens (including phenoxy) is 2. The average Bonchev–Trinajstić information content (AvgIpc) is 3.14. The molecule has 2 aromatic rings. The summed E-state index contributed by atoms with van der Waals surface area (Å²) in [6.07, 6.45) is 2.59. The van der Waals surface area contributed by atoms with Crippen molar-refractivity contribution in [3.05, 3.63) is 47.3 Å². The van der Waals surface area contributed by atoms with E-state index in [1.807, 2.05) is 6.07 Å². The number of hydrogen-bond donors (Lipinski definition) is 3. The van der Waals surface area contributed by atoms with Crippen molar-refractivity contribution in [1.82, 2.24) is 20.8 Å². The summed E-state index contributed by atoms with van der Waals surface area (Å²) in [7, 11) is 3.45. The molecular formula is C18H28IN5O2. The highest BCUT2D eigenvalue weighted by Gasteiger charge is 2.06. The van der Waals surface area contributed by atoms with Crippen LogP contribution in [0, 0.1) is 6.92 Å². The Balaban J connectivity index is 0.00000338. The highest BCUT2D eigenvalue weighted by molar-refractivity contribution is 14.0. The summed E-state index contributed by atoms with van der Waals surface area (Å²) >= 11 is 0. The number of nitrogens with zero attached hydrogens (tertiary/aromatic N) is 2. The minimum Gasteiger partial charge on any atom is -0.493 e. The summed E-state index contributed by atoms with van der Waals surface area (Å²) in [5.41, 5.74) is 3.26. The van der Waals surface area contributed by atoms with E-state index in [-0.39, 0.29) is 24.0 Å². The van der Waals surface area contributed by atoms with Gasteiger partial charge >= 0.3 is 0 Å². The monoisotopic (exact) mass is 473 g/mol. The Bertz CT molecular complexity index is 662. The molecule has 2 rings (SSSR count). The van der Waals surface area contributed by atoms with Crippen LogP contribution in [0.5, 0.6) is 5.75 Å². The lowest BCUT2D eigenvalue weighted by Crippen LogP contribution is -2.36. The molecule has 144 valence electrons. The van der Waals surface area contributed by atoms with Crippen LogP contribution in [0.1, 0.15) is 23.2 Å². The lowest BCUT2D eigenvalue weighted by atomic mass is 10.1. The number of rotatable bonds is 9. The van der Waals surface area contributed by atoms with Crippen molar-refractivity contribution in [1.29, 1.82) is 0 Å². The van der Waals surface area contributed by atoms with E-state index in [1.54, 1.807) is 20.4 Å². The van der Waals surface area contributed by atoms with Crippen LogP contribution in [0.15, 0.2) is 35.5 Å². The van der Waals surface area contributed by atoms with Crippen LogP contribution in [0.25, 0.3) is 0 Å². The van der Waals surface area contributed by atoms with Crippen molar-refractivity contribution >= 4 is 29.9 Å². The molecule has 0 spiro atoms. The lowest BCUT2D eigenvalue weighted by Gasteiger charge is -2.15. The van der Waals surface area contributed by atoms with Gasteiger partial charge in [-0.15, -0.1) is 24.0 Å². The summed E-state index contributed by atoms with van der Waals surface area (Å²) < 4.78 is 11.0. The van der Waals surface area contributed by atoms with Gasteiger partial charge in [0.2, 0.25) is 0 Å². The fourth-order valence-corrected chi connectivity index (χ4v) is 2.29. The van der Waals surface area contributed by atoms with Crippen molar-refractivity contribution in [2.45, 2.75) is 26.4 Å². The van der Waals surface area contributed by atoms with Crippen molar-refractivity contribution in [2.24, 2.45) is 4.99 Å². The second kappa shape index (κ2) is 12.5. The van der Waals surface area contributed by atoms with E-state index in [4.69, 9.17) is 9.47 Å². The van der Waals surface area contributed by atoms with Crippen LogP contribution in [-0.4, -0.2) is 43.5 Å². The van der Waals surface area contributed by atoms with Gasteiger partial charge in [-0.25, -0.2) is 0 Å². The van der Waals surface area contributed by atoms with Gasteiger partial charge in [0, 0.05) is 45.5 Å². The van der Waals surface area contributed by atoms with Gasteiger partial charge in [0.1, 0.15) is 5.75 Å². The number of nitrogens with one attached hydrogen (secondary N) is 3. The summed E-state index contributed by atoms with van der Waals surface area (Å²) in [4.78, 5) is 4.24. The molecule has 0 aliphatic carbocycles. The SMILES string of the molecule is CN=C(NCc1ccn[nH]1)NCc1ccc(C)cc1OCCCOC.I. The Morgan fingerprint density at radius 1 is 1.19 bits per heavy atom. The van der Waals surface area contributed by atoms with Crippen LogP contribution in [0.4, 0.5) is 0 Å². The normalized spacial score (nSPS) is 11.0. The number of aromatic amines is 1. The molecule has 0 unspecified atom stereocenters. The van der Waals surface area contributed by atoms with Crippen molar-refractivity contribution in [2.75, 3.05) is 27.4 Å². The molecule has 0 radical (unpaired) electrons. The van der Waals surface area contributed by atoms with Crippen LogP contribution in [0.3, 0.4) is 0 Å². The van der Waals surface area contributed by atoms with E-state index in [0.29, 0.717) is 26.3 Å². The molecular weight excluding hydrogens is 445 g/mol. The quantitative estimate of drug-likeness (QED) is 0.226. The number of aryl methyl sites for hydroxylation is 1. The second-order valence-electron chi connectivity index (χ2n) is 5.67. The molecule has 0 aliphatic heterocycles. The Kier molecular flexibility index (Phi) is 10.7. The van der Waals surface area contributed by atoms with Crippen LogP contribution in [0.2, 0.25) is 0 Å². The minimum absolute atomic E-state index is 0. The zero-order valence-corrected chi connectivity index (χ0v) is 17.9. The second-order valence-corrected chi connectivity index (χ2v) is 5.67. The molecule has 0 saturated carbocycles. The molecule has 26 heavy (non-hydrogen) atoms. The van der Waals surface area contributed by atoms with Gasteiger partial charge in [0.05, 0.1) is 18.8 Å². The topological polar surface area (TPSA) is 83.6 Å². The van der Waals surface area contributed by atoms with Crippen molar-refractivity contribution < 1.29 is 9.47 Å². The van der Waals surface area contributed by atoms with E-state index in [9.17, 15) is 0 Å². The van der Waals surface area contributed by atoms with E-state index in [1.165, 1.54) is 5.56 Å². The largest absolute Gasteiger partial charge is 0.493 e. The number of hydrogen-bond acceptors (Lipinski definition) is 4. The summed E-state index contributed by atoms with van der Waals surface area (Å²) in [5, 5.41) is 13.4. The maximum absolute atomic E-state index is 5.91. The maximum atomic E-state index is 5.91. The Labute approximate surface area is 172 Å². The molecule has 0 atom stereocenters. The highest BCUT2D eigenvalue weighted by atomic mass is 127. The number of aromatic nitrogens is 2. The van der Waals surface area contributed by atoms with Crippen molar-refractivity contribution in [3.8, 4) is 5.75 Å². The molecule has 0 amide bonds. The first-order chi connectivity index (χ1) is 12.2. The van der Waals surface area contributed by atoms with E-state index < -0.39 is 0 Å². The van der Waals surface area contributed by atoms with E-state index in [2.05, 4.69) is 50.9 Å². The fraction of sp³-hybridized carbons (Fsp3) is 0.444. The molecule has 0 aliphatic rings. The Hall–Kier alpha value is -1.81. The molecule has 0 fully saturated rings. The fourth-order valence-electron chi connectivity index (χ4n) is 2.29. The van der Waals surface area contributed by atoms with Gasteiger partial charge in [-0.1, -0.05) is 12.1 Å². The Morgan fingerprint density at radius 2 is 2.00 bits per heavy atom. The number of aliphatic imine (C=N–C) groups is 1. The smallest absolute Gasteiger partial charge is 0.191 e. The molecule has 1 heterocycles. The molecule has 3 N–H and O–H groups in total. The first-order valence-corrected chi connectivity index (χ1v) is 8.37. The summed E-state index contributed by atoms with van der Waals surface area (Å²) in [5.74, 6) is 1.62. The van der Waals surface area contributed by atoms with Crippen LogP contribution < -0.4 is 15.4 Å². The third-order valence-electron chi connectivity index (χ3n) is 3.65. The minimum atomic E-state index is 0. The number of benzene rings is 1. The van der Waals surface area contributed by atoms with Gasteiger partial charge in [-0.3, -0.25) is 10.1 Å². The maximum Gasteiger partial charge on any atom is 0.191 e. The number of halogens is 1. The third kappa shape index (κ3) is 7.61. The van der Waals surface area contributed by atoms with Crippen molar-refractivity contribution in [3.63, 3.8) is 0 Å². The van der Waals surface area contributed by atoms with E-state index >= 15 is 0 Å². The zero-order chi connectivity index (χ0) is 17.9. The molecule has 7 nitrogen and oxygen atoms in total. The van der Waals surface area contributed by atoms with Gasteiger partial charge < -0.3 is 20.1 Å². The van der Waals surface area contributed by atoms with Gasteiger partial charge in [-0.2, -0.15) is 5.10 Å². The van der Waals surface area contributed by atoms with Gasteiger partial charge in [-0.05, 0) is 24.6 Å². The van der Waals surface area contributed by atoms with Crippen LogP contribution >= 0.6 is 24.0 Å². The number of methoxy groups -OCH3 is 1. The number of H-pyrrole nitrogens is 1. The molecule has 1 aromatic heterocycles. The standard InChI is InChI=1S/C18H27N5O2.HI/c1-14-5-6-15(17(11-14)25-10-4-9-24-3)12-20-18(19-2)21-13-16-7-8-22-23-16;/h5-8,11H,4,9-10,12-13H2,1-3H3,(H,22,23)(H2,19,20,21);1H. The molecule has 8 heteroatoms. The molecule has 0 bridgehead atoms. The molecule has 1 aromatic carbocycles. The van der Waals surface area contributed by atoms with Gasteiger partial charge in [0.25, 0.3) is 0 Å². The summed E-state index contributed by atoms with van der Waals surface area (Å²) in [6, 6.07) is 8.15. The van der Waals surface area contributed by atoms with Gasteiger partial charge in [0.15, 0.2) is 5.96 Å². The third-order valence-corrected chi connectivity index (χ3v) is 3.65. The first kappa shape index (κ1) is 22.2. The van der Waals surface area contributed by atoms with E-state index in [0.717, 1.165) is 29.4 Å². The Morgan fingerprint density at radius 3 is 2.69 bits per heavy atom. The first-order valence-electron chi connectivity index (χ1n) is 8.37. The predicted molar refractivity (Wildman–Crippen MR) is 114 cm³/mol. The summed E-state index contributed by atoms with van der Waals surface area (Å²) in [6.45, 7) is 4.65.